The van der Waals surface area contributed by atoms with Crippen LogP contribution in [0.15, 0.2) is 24.5 Å². The molecule has 5 nitrogen and oxygen atoms in total. The molecule has 0 aliphatic heterocycles. The van der Waals surface area contributed by atoms with Gasteiger partial charge in [-0.15, -0.1) is 0 Å². The summed E-state index contributed by atoms with van der Waals surface area (Å²) in [6.45, 7) is 6.57. The van der Waals surface area contributed by atoms with Gasteiger partial charge in [-0.1, -0.05) is 13.8 Å². The Bertz CT molecular complexity index is 584. The highest BCUT2D eigenvalue weighted by Crippen LogP contribution is 2.22. The number of hydrogen-bond donors (Lipinski definition) is 1. The van der Waals surface area contributed by atoms with Crippen molar-refractivity contribution in [2.75, 3.05) is 12.3 Å². The molecule has 0 bridgehead atoms. The first-order valence-electron chi connectivity index (χ1n) is 7.23. The van der Waals surface area contributed by atoms with E-state index in [9.17, 15) is 0 Å². The first-order valence-corrected chi connectivity index (χ1v) is 7.23. The zero-order valence-electron chi connectivity index (χ0n) is 12.8. The molecule has 2 N–H and O–H groups in total. The maximum atomic E-state index is 5.92. The van der Waals surface area contributed by atoms with Crippen molar-refractivity contribution in [3.05, 3.63) is 41.5 Å². The van der Waals surface area contributed by atoms with Gasteiger partial charge in [-0.05, 0) is 37.5 Å². The largest absolute Gasteiger partial charge is 0.477 e. The van der Waals surface area contributed by atoms with Crippen LogP contribution in [0.3, 0.4) is 0 Å². The lowest BCUT2D eigenvalue weighted by Crippen LogP contribution is -2.09. The molecule has 2 aromatic heterocycles. The Balaban J connectivity index is 1.93. The summed E-state index contributed by atoms with van der Waals surface area (Å²) in [5.41, 5.74) is 7.98. The first-order chi connectivity index (χ1) is 10.1. The molecule has 2 heterocycles. The highest BCUT2D eigenvalue weighted by atomic mass is 16.5. The molecule has 0 radical (unpaired) electrons. The van der Waals surface area contributed by atoms with E-state index in [2.05, 4.69) is 15.0 Å². The summed E-state index contributed by atoms with van der Waals surface area (Å²) >= 11 is 0. The Morgan fingerprint density at radius 1 is 1.19 bits per heavy atom. The van der Waals surface area contributed by atoms with Gasteiger partial charge in [0.25, 0.3) is 0 Å². The molecule has 0 fully saturated rings. The van der Waals surface area contributed by atoms with E-state index < -0.39 is 0 Å². The van der Waals surface area contributed by atoms with E-state index in [1.54, 1.807) is 12.4 Å². The van der Waals surface area contributed by atoms with Crippen LogP contribution in [-0.4, -0.2) is 21.6 Å². The molecule has 0 atom stereocenters. The van der Waals surface area contributed by atoms with E-state index in [1.165, 1.54) is 5.56 Å². The van der Waals surface area contributed by atoms with Crippen LogP contribution < -0.4 is 10.5 Å². The van der Waals surface area contributed by atoms with Crippen molar-refractivity contribution in [1.29, 1.82) is 0 Å². The molecule has 0 saturated heterocycles. The van der Waals surface area contributed by atoms with Crippen molar-refractivity contribution >= 4 is 5.82 Å². The Morgan fingerprint density at radius 3 is 2.57 bits per heavy atom. The van der Waals surface area contributed by atoms with Gasteiger partial charge in [-0.3, -0.25) is 4.98 Å². The van der Waals surface area contributed by atoms with E-state index in [4.69, 9.17) is 10.5 Å². The van der Waals surface area contributed by atoms with E-state index in [-0.39, 0.29) is 5.92 Å². The molecule has 2 aromatic rings. The molecule has 21 heavy (non-hydrogen) atoms. The molecule has 0 amide bonds. The summed E-state index contributed by atoms with van der Waals surface area (Å²) in [6, 6.07) is 4.04. The molecule has 0 aliphatic carbocycles. The Hall–Kier alpha value is -2.17. The third-order valence-electron chi connectivity index (χ3n) is 3.27. The Kier molecular flexibility index (Phi) is 5.09. The summed E-state index contributed by atoms with van der Waals surface area (Å²) in [6.07, 6.45) is 5.49. The molecule has 5 heteroatoms. The van der Waals surface area contributed by atoms with Gasteiger partial charge in [0.1, 0.15) is 11.6 Å². The lowest BCUT2D eigenvalue weighted by molar-refractivity contribution is 0.295. The standard InChI is InChI=1S/C16H22N4O/c1-11(2)15-19-14(17)12(3)16(20-15)21-10-4-5-13-6-8-18-9-7-13/h6-9,11H,4-5,10H2,1-3H3,(H2,17,19,20). The van der Waals surface area contributed by atoms with Gasteiger partial charge < -0.3 is 10.5 Å². The zero-order valence-corrected chi connectivity index (χ0v) is 12.8. The van der Waals surface area contributed by atoms with Gasteiger partial charge in [-0.2, -0.15) is 4.98 Å². The SMILES string of the molecule is Cc1c(N)nc(C(C)C)nc1OCCCc1ccncc1. The second kappa shape index (κ2) is 7.02. The molecular formula is C16H22N4O. The maximum absolute atomic E-state index is 5.92. The summed E-state index contributed by atoms with van der Waals surface area (Å²) in [7, 11) is 0. The third-order valence-corrected chi connectivity index (χ3v) is 3.27. The Morgan fingerprint density at radius 2 is 1.90 bits per heavy atom. The summed E-state index contributed by atoms with van der Waals surface area (Å²) in [5, 5.41) is 0. The number of aromatic nitrogens is 3. The number of nitrogens with zero attached hydrogens (tertiary/aromatic N) is 3. The molecule has 0 unspecified atom stereocenters. The molecule has 0 saturated carbocycles. The number of nitrogens with two attached hydrogens (primary N) is 1. The van der Waals surface area contributed by atoms with Crippen LogP contribution in [0.2, 0.25) is 0 Å². The molecule has 0 aromatic carbocycles. The van der Waals surface area contributed by atoms with E-state index in [1.807, 2.05) is 32.9 Å². The van der Waals surface area contributed by atoms with Crippen molar-refractivity contribution in [2.45, 2.75) is 39.5 Å². The Labute approximate surface area is 125 Å². The van der Waals surface area contributed by atoms with Gasteiger partial charge in [0.05, 0.1) is 12.2 Å². The van der Waals surface area contributed by atoms with Crippen LogP contribution in [0.25, 0.3) is 0 Å². The third kappa shape index (κ3) is 4.15. The average Bonchev–Trinajstić information content (AvgIpc) is 2.48. The number of aryl methyl sites for hydroxylation is 1. The van der Waals surface area contributed by atoms with E-state index >= 15 is 0 Å². The van der Waals surface area contributed by atoms with Gasteiger partial charge in [0.2, 0.25) is 5.88 Å². The predicted octanol–water partition coefficient (Wildman–Crippen LogP) is 2.90. The summed E-state index contributed by atoms with van der Waals surface area (Å²) in [4.78, 5) is 12.7. The fraction of sp³-hybridized carbons (Fsp3) is 0.438. The van der Waals surface area contributed by atoms with E-state index in [0.29, 0.717) is 18.3 Å². The van der Waals surface area contributed by atoms with Gasteiger partial charge in [0, 0.05) is 18.3 Å². The fourth-order valence-electron chi connectivity index (χ4n) is 1.92. The van der Waals surface area contributed by atoms with Crippen LogP contribution in [0.1, 0.15) is 43.1 Å². The minimum atomic E-state index is 0.229. The number of ether oxygens (including phenoxy) is 1. The second-order valence-corrected chi connectivity index (χ2v) is 5.36. The predicted molar refractivity (Wildman–Crippen MR) is 83.3 cm³/mol. The first kappa shape index (κ1) is 15.2. The highest BCUT2D eigenvalue weighted by Gasteiger charge is 2.12. The maximum Gasteiger partial charge on any atom is 0.221 e. The second-order valence-electron chi connectivity index (χ2n) is 5.36. The molecule has 0 spiro atoms. The number of nitrogen functional groups attached to an aromatic ring is 1. The van der Waals surface area contributed by atoms with Crippen LogP contribution in [0.4, 0.5) is 5.82 Å². The molecule has 112 valence electrons. The van der Waals surface area contributed by atoms with Crippen molar-refractivity contribution in [3.63, 3.8) is 0 Å². The summed E-state index contributed by atoms with van der Waals surface area (Å²) < 4.78 is 5.78. The quantitative estimate of drug-likeness (QED) is 0.826. The molecular weight excluding hydrogens is 264 g/mol. The minimum absolute atomic E-state index is 0.229. The van der Waals surface area contributed by atoms with Gasteiger partial charge >= 0.3 is 0 Å². The van der Waals surface area contributed by atoms with Gasteiger partial charge in [0.15, 0.2) is 0 Å². The lowest BCUT2D eigenvalue weighted by atomic mass is 10.1. The minimum Gasteiger partial charge on any atom is -0.477 e. The van der Waals surface area contributed by atoms with Crippen molar-refractivity contribution < 1.29 is 4.74 Å². The topological polar surface area (TPSA) is 73.9 Å². The number of rotatable bonds is 6. The molecule has 0 aliphatic rings. The van der Waals surface area contributed by atoms with Crippen molar-refractivity contribution in [3.8, 4) is 5.88 Å². The van der Waals surface area contributed by atoms with Crippen molar-refractivity contribution in [2.24, 2.45) is 0 Å². The summed E-state index contributed by atoms with van der Waals surface area (Å²) in [5.74, 6) is 2.05. The van der Waals surface area contributed by atoms with Crippen molar-refractivity contribution in [1.82, 2.24) is 15.0 Å². The zero-order chi connectivity index (χ0) is 15.2. The van der Waals surface area contributed by atoms with Gasteiger partial charge in [-0.25, -0.2) is 4.98 Å². The number of anilines is 1. The van der Waals surface area contributed by atoms with Crippen LogP contribution in [0.5, 0.6) is 5.88 Å². The van der Waals surface area contributed by atoms with E-state index in [0.717, 1.165) is 24.2 Å². The monoisotopic (exact) mass is 286 g/mol. The number of hydrogen-bond acceptors (Lipinski definition) is 5. The van der Waals surface area contributed by atoms with Crippen LogP contribution in [-0.2, 0) is 6.42 Å². The highest BCUT2D eigenvalue weighted by molar-refractivity contribution is 5.44. The normalized spacial score (nSPS) is 10.9. The lowest BCUT2D eigenvalue weighted by Gasteiger charge is -2.12. The fourth-order valence-corrected chi connectivity index (χ4v) is 1.92. The molecule has 2 rings (SSSR count). The van der Waals surface area contributed by atoms with Crippen LogP contribution in [0, 0.1) is 6.92 Å². The van der Waals surface area contributed by atoms with Crippen LogP contribution >= 0.6 is 0 Å². The number of pyridine rings is 1. The smallest absolute Gasteiger partial charge is 0.221 e. The average molecular weight is 286 g/mol.